The molecule has 2 aliphatic rings. The summed E-state index contributed by atoms with van der Waals surface area (Å²) in [5.74, 6) is -0.353. The number of hydrogen-bond donors (Lipinski definition) is 10. The van der Waals surface area contributed by atoms with Crippen molar-refractivity contribution < 1.29 is 66.5 Å². The van der Waals surface area contributed by atoms with Crippen molar-refractivity contribution in [3.05, 3.63) is 95.0 Å². The highest BCUT2D eigenvalue weighted by atomic mass is 35.5. The minimum absolute atomic E-state index is 0.0295. The van der Waals surface area contributed by atoms with Crippen molar-refractivity contribution in [1.82, 2.24) is 66.5 Å². The van der Waals surface area contributed by atoms with Gasteiger partial charge >= 0.3 is 12.1 Å². The van der Waals surface area contributed by atoms with E-state index in [-0.39, 0.29) is 74.0 Å². The number of piperazine rings is 2. The standard InChI is InChI=1S/C73H107Cl2N21O14/c1-92(52-64(97)80-14-30-101-38-40-103-32-16-82-72(99)84-18-34-105-42-46-109-48-44-107-36-28-93-20-24-95(25-21-93)58-8-2-54(3-9-58)66-60-50-56(74)6-12-62(60)86-70(88-66)90-68(76)77)53-65(98)81-15-31-102-39-41-104-33-17-83-73(100)85-19-35-106-43-47-110-49-45-108-37-29-94-22-26-96(27-23-94)59-10-4-55(5-11-59)67-61-51-57(75)7-13-63(61)87-71(89-67)91-69(78)79/h2-13,50-51H,14-49,52-53H2,1H3,(H,80,97)(H,81,98)(H2,82,84,99)(H2,83,85,100)(H4,76,77,86,88,90)(H4,78,79,87,89,91). The lowest BCUT2D eigenvalue weighted by atomic mass is 10.1. The Hall–Kier alpha value is -8.76. The molecule has 0 aliphatic carbocycles. The molecule has 4 heterocycles. The summed E-state index contributed by atoms with van der Waals surface area (Å²) in [7, 11) is 1.67. The number of nitrogens with two attached hydrogens (primary N) is 4. The van der Waals surface area contributed by atoms with Gasteiger partial charge in [-0.3, -0.25) is 24.3 Å². The quantitative estimate of drug-likeness (QED) is 0.0148. The minimum Gasteiger partial charge on any atom is -0.378 e. The van der Waals surface area contributed by atoms with Crippen LogP contribution in [0.3, 0.4) is 0 Å². The predicted molar refractivity (Wildman–Crippen MR) is 423 cm³/mol. The van der Waals surface area contributed by atoms with Crippen molar-refractivity contribution in [3.63, 3.8) is 0 Å². The second kappa shape index (κ2) is 50.2. The van der Waals surface area contributed by atoms with Crippen LogP contribution in [0.1, 0.15) is 0 Å². The monoisotopic (exact) mass is 1570 g/mol. The molecule has 6 amide bonds. The molecular weight excluding hydrogens is 1470 g/mol. The number of halogens is 2. The van der Waals surface area contributed by atoms with Crippen LogP contribution in [0, 0.1) is 0 Å². The Labute approximate surface area is 651 Å². The van der Waals surface area contributed by atoms with Gasteiger partial charge in [-0.2, -0.15) is 9.98 Å². The number of likely N-dealkylation sites (N-methyl/N-ethyl adjacent to an activating group) is 1. The van der Waals surface area contributed by atoms with Gasteiger partial charge in [-0.05, 0) is 67.7 Å². The number of nitrogens with one attached hydrogen (secondary N) is 6. The third-order valence-corrected chi connectivity index (χ3v) is 17.4. The van der Waals surface area contributed by atoms with Gasteiger partial charge < -0.3 is 112 Å². The van der Waals surface area contributed by atoms with E-state index in [0.717, 1.165) is 98.7 Å². The lowest BCUT2D eigenvalue weighted by molar-refractivity contribution is -0.124. The van der Waals surface area contributed by atoms with E-state index in [1.807, 2.05) is 48.5 Å². The van der Waals surface area contributed by atoms with Crippen LogP contribution in [-0.4, -0.2) is 327 Å². The highest BCUT2D eigenvalue weighted by Crippen LogP contribution is 2.34. The van der Waals surface area contributed by atoms with Crippen LogP contribution in [-0.2, 0) is 57.0 Å². The number of aliphatic imine (C=N–C) groups is 2. The Bertz CT molecular complexity index is 3540. The highest BCUT2D eigenvalue weighted by Gasteiger charge is 2.21. The molecule has 110 heavy (non-hydrogen) atoms. The number of urea groups is 2. The van der Waals surface area contributed by atoms with E-state index in [1.165, 1.54) is 0 Å². The Morgan fingerprint density at radius 2 is 0.682 bits per heavy atom. The number of anilines is 2. The van der Waals surface area contributed by atoms with Crippen LogP contribution in [0.25, 0.3) is 44.3 Å². The third kappa shape index (κ3) is 33.4. The van der Waals surface area contributed by atoms with Gasteiger partial charge in [-0.25, -0.2) is 29.5 Å². The number of guanidine groups is 2. The van der Waals surface area contributed by atoms with E-state index in [0.29, 0.717) is 191 Å². The lowest BCUT2D eigenvalue weighted by Gasteiger charge is -2.36. The third-order valence-electron chi connectivity index (χ3n) is 16.9. The summed E-state index contributed by atoms with van der Waals surface area (Å²) in [5.41, 5.74) is 29.3. The van der Waals surface area contributed by atoms with E-state index in [1.54, 1.807) is 24.1 Å². The summed E-state index contributed by atoms with van der Waals surface area (Å²) in [6, 6.07) is 26.8. The molecule has 2 aromatic heterocycles. The Balaban J connectivity index is 0.491. The molecule has 2 fully saturated rings. The molecule has 37 heteroatoms. The first kappa shape index (κ1) is 86.8. The van der Waals surface area contributed by atoms with E-state index >= 15 is 0 Å². The van der Waals surface area contributed by atoms with Crippen LogP contribution in [0.2, 0.25) is 10.0 Å². The summed E-state index contributed by atoms with van der Waals surface area (Å²) < 4.78 is 56.1. The fourth-order valence-electron chi connectivity index (χ4n) is 11.4. The molecule has 8 rings (SSSR count). The maximum Gasteiger partial charge on any atom is 0.314 e. The smallest absolute Gasteiger partial charge is 0.314 e. The van der Waals surface area contributed by atoms with E-state index < -0.39 is 0 Å². The summed E-state index contributed by atoms with van der Waals surface area (Å²) in [5, 5.41) is 19.2. The van der Waals surface area contributed by atoms with Gasteiger partial charge in [0, 0.05) is 148 Å². The van der Waals surface area contributed by atoms with Crippen molar-refractivity contribution in [2.45, 2.75) is 0 Å². The molecule has 6 aromatic rings. The average molecular weight is 1570 g/mol. The highest BCUT2D eigenvalue weighted by molar-refractivity contribution is 6.32. The van der Waals surface area contributed by atoms with Crippen LogP contribution in [0.15, 0.2) is 94.9 Å². The first-order valence-electron chi connectivity index (χ1n) is 36.9. The zero-order chi connectivity index (χ0) is 77.8. The lowest BCUT2D eigenvalue weighted by Crippen LogP contribution is -2.47. The maximum atomic E-state index is 12.4. The number of ether oxygens (including phenoxy) is 10. The Morgan fingerprint density at radius 3 is 0.991 bits per heavy atom. The number of rotatable bonds is 52. The molecule has 0 spiro atoms. The van der Waals surface area contributed by atoms with Crippen LogP contribution < -0.4 is 64.6 Å². The zero-order valence-electron chi connectivity index (χ0n) is 62.7. The maximum absolute atomic E-state index is 12.4. The number of hydrogen-bond acceptors (Lipinski definition) is 25. The van der Waals surface area contributed by atoms with Crippen molar-refractivity contribution >= 4 is 104 Å². The Kier molecular flexibility index (Phi) is 39.6. The Morgan fingerprint density at radius 1 is 0.391 bits per heavy atom. The first-order chi connectivity index (χ1) is 53.6. The van der Waals surface area contributed by atoms with Crippen LogP contribution in [0.5, 0.6) is 0 Å². The second-order valence-electron chi connectivity index (χ2n) is 25.3. The molecule has 14 N–H and O–H groups in total. The van der Waals surface area contributed by atoms with Gasteiger partial charge in [0.2, 0.25) is 11.8 Å². The van der Waals surface area contributed by atoms with Gasteiger partial charge in [0.15, 0.2) is 11.9 Å². The molecule has 0 radical (unpaired) electrons. The van der Waals surface area contributed by atoms with Crippen LogP contribution in [0.4, 0.5) is 32.9 Å². The molecule has 2 saturated heterocycles. The molecular formula is C73H107Cl2N21O14. The average Bonchev–Trinajstić information content (AvgIpc) is 0.788. The normalized spacial score (nSPS) is 13.4. The van der Waals surface area contributed by atoms with Crippen LogP contribution >= 0.6 is 23.2 Å². The molecule has 2 aliphatic heterocycles. The van der Waals surface area contributed by atoms with Crippen molar-refractivity contribution in [3.8, 4) is 22.5 Å². The molecule has 0 atom stereocenters. The largest absolute Gasteiger partial charge is 0.378 e. The summed E-state index contributed by atoms with van der Waals surface area (Å²) in [6.07, 6.45) is 0. The van der Waals surface area contributed by atoms with Gasteiger partial charge in [0.05, 0.1) is 168 Å². The second-order valence-corrected chi connectivity index (χ2v) is 26.1. The first-order valence-corrected chi connectivity index (χ1v) is 37.7. The van der Waals surface area contributed by atoms with Gasteiger partial charge in [-0.1, -0.05) is 47.5 Å². The number of aromatic nitrogens is 4. The van der Waals surface area contributed by atoms with E-state index in [4.69, 9.17) is 93.5 Å². The number of fused-ring (bicyclic) bond motifs is 2. The minimum atomic E-state index is -0.326. The van der Waals surface area contributed by atoms with E-state index in [2.05, 4.69) is 106 Å². The summed E-state index contributed by atoms with van der Waals surface area (Å²) in [6.45, 7) is 18.8. The van der Waals surface area contributed by atoms with Crippen molar-refractivity contribution in [2.75, 3.05) is 267 Å². The molecule has 602 valence electrons. The topological polar surface area (TPSA) is 429 Å². The summed E-state index contributed by atoms with van der Waals surface area (Å²) >= 11 is 12.6. The zero-order valence-corrected chi connectivity index (χ0v) is 64.2. The fraction of sp³-hybridized carbons (Fsp3) is 0.534. The van der Waals surface area contributed by atoms with Gasteiger partial charge in [0.1, 0.15) is 0 Å². The number of carbonyl (C=O) groups is 4. The molecule has 0 unspecified atom stereocenters. The molecule has 0 bridgehead atoms. The number of benzene rings is 4. The van der Waals surface area contributed by atoms with E-state index in [9.17, 15) is 19.2 Å². The fourth-order valence-corrected chi connectivity index (χ4v) is 11.8. The predicted octanol–water partition coefficient (Wildman–Crippen LogP) is 1.90. The molecule has 0 saturated carbocycles. The number of amides is 6. The number of nitrogens with zero attached hydrogens (tertiary/aromatic N) is 11. The van der Waals surface area contributed by atoms with Crippen molar-refractivity contribution in [1.29, 1.82) is 0 Å². The summed E-state index contributed by atoms with van der Waals surface area (Å²) in [4.78, 5) is 86.4. The molecule has 35 nitrogen and oxygen atoms in total. The molecule has 4 aromatic carbocycles. The SMILES string of the molecule is CN(CC(=O)NCCOCCOCCNC(=O)NCCOCCOCCOCCN1CCN(c2ccc(-c3nc(N=C(N)N)nc4ccc(Cl)cc34)cc2)CC1)CC(=O)NCCOCCOCCNC(=O)NCCOCCOCCOCCN1CCN(c2ccc(-c3nc(N=C(N)N)nc4ccc(Cl)cc34)cc2)CC1. The number of carbonyl (C=O) groups excluding carboxylic acids is 4. The van der Waals surface area contributed by atoms with Crippen molar-refractivity contribution in [2.24, 2.45) is 32.9 Å². The van der Waals surface area contributed by atoms with Gasteiger partial charge in [-0.15, -0.1) is 0 Å². The van der Waals surface area contributed by atoms with Gasteiger partial charge in [0.25, 0.3) is 11.9 Å².